The van der Waals surface area contributed by atoms with E-state index in [-0.39, 0.29) is 10.8 Å². The van der Waals surface area contributed by atoms with Crippen molar-refractivity contribution in [3.05, 3.63) is 96.1 Å². The van der Waals surface area contributed by atoms with Crippen LogP contribution in [0.25, 0.3) is 10.8 Å². The van der Waals surface area contributed by atoms with Crippen LogP contribution >= 0.6 is 0 Å². The van der Waals surface area contributed by atoms with E-state index >= 15 is 0 Å². The molecule has 0 heterocycles. The van der Waals surface area contributed by atoms with Gasteiger partial charge in [0.1, 0.15) is 0 Å². The third-order valence-electron chi connectivity index (χ3n) is 5.77. The zero-order chi connectivity index (χ0) is 25.0. The number of fused-ring (bicyclic) bond motifs is 1. The number of hydrogen-bond acceptors (Lipinski definition) is 5. The lowest BCUT2D eigenvalue weighted by atomic mass is 10.1. The summed E-state index contributed by atoms with van der Waals surface area (Å²) in [5.74, 6) is 0.517. The maximum Gasteiger partial charge on any atom is 0.264 e. The number of methoxy groups -OCH3 is 2. The smallest absolute Gasteiger partial charge is 0.264 e. The molecule has 1 amide bonds. The fourth-order valence-corrected chi connectivity index (χ4v) is 4.94. The third kappa shape index (κ3) is 5.07. The van der Waals surface area contributed by atoms with Crippen LogP contribution in [0, 0.1) is 0 Å². The second-order valence-corrected chi connectivity index (χ2v) is 9.87. The van der Waals surface area contributed by atoms with Crippen molar-refractivity contribution in [1.29, 1.82) is 0 Å². The van der Waals surface area contributed by atoms with Crippen molar-refractivity contribution in [2.75, 3.05) is 25.6 Å². The van der Waals surface area contributed by atoms with Crippen LogP contribution in [-0.2, 0) is 16.6 Å². The molecule has 0 radical (unpaired) electrons. The molecule has 0 aliphatic rings. The summed E-state index contributed by atoms with van der Waals surface area (Å²) in [6.45, 7) is 0.388. The Morgan fingerprint density at radius 2 is 1.51 bits per heavy atom. The highest BCUT2D eigenvalue weighted by atomic mass is 32.2. The van der Waals surface area contributed by atoms with Gasteiger partial charge in [-0.25, -0.2) is 8.42 Å². The molecule has 0 unspecified atom stereocenters. The zero-order valence-corrected chi connectivity index (χ0v) is 20.5. The Morgan fingerprint density at radius 1 is 0.829 bits per heavy atom. The molecule has 1 N–H and O–H groups in total. The average molecular weight is 491 g/mol. The molecule has 4 rings (SSSR count). The molecule has 0 bridgehead atoms. The van der Waals surface area contributed by atoms with Gasteiger partial charge in [-0.05, 0) is 58.8 Å². The molecule has 180 valence electrons. The molecule has 0 saturated carbocycles. The van der Waals surface area contributed by atoms with Crippen molar-refractivity contribution in [2.24, 2.45) is 0 Å². The summed E-state index contributed by atoms with van der Waals surface area (Å²) < 4.78 is 37.8. The average Bonchev–Trinajstić information content (AvgIpc) is 2.90. The summed E-state index contributed by atoms with van der Waals surface area (Å²) in [6.07, 6.45) is 0. The van der Waals surface area contributed by atoms with Gasteiger partial charge < -0.3 is 14.8 Å². The standard InChI is InChI=1S/C27H26N2O5S/c1-29(35(31,32)24-14-15-25(33-2)26(17-24)34-3)23-12-10-21(11-13-23)27(30)28-18-19-8-9-20-6-4-5-7-22(20)16-19/h4-17H,18H2,1-3H3,(H,28,30). The number of benzene rings is 4. The summed E-state index contributed by atoms with van der Waals surface area (Å²) in [5.41, 5.74) is 1.85. The topological polar surface area (TPSA) is 84.9 Å². The lowest BCUT2D eigenvalue weighted by Gasteiger charge is -2.20. The van der Waals surface area contributed by atoms with Crippen LogP contribution in [0.5, 0.6) is 11.5 Å². The van der Waals surface area contributed by atoms with Gasteiger partial charge in [0.15, 0.2) is 11.5 Å². The van der Waals surface area contributed by atoms with E-state index in [1.54, 1.807) is 30.3 Å². The molecule has 0 fully saturated rings. The minimum Gasteiger partial charge on any atom is -0.493 e. The highest BCUT2D eigenvalue weighted by Gasteiger charge is 2.23. The van der Waals surface area contributed by atoms with Gasteiger partial charge >= 0.3 is 0 Å². The number of ether oxygens (including phenoxy) is 2. The molecule has 7 nitrogen and oxygen atoms in total. The van der Waals surface area contributed by atoms with Gasteiger partial charge in [0, 0.05) is 25.2 Å². The number of carbonyl (C=O) groups excluding carboxylic acids is 1. The van der Waals surface area contributed by atoms with Crippen LogP contribution in [0.1, 0.15) is 15.9 Å². The summed E-state index contributed by atoms with van der Waals surface area (Å²) in [6, 6.07) is 24.9. The number of rotatable bonds is 8. The Bertz CT molecular complexity index is 1470. The van der Waals surface area contributed by atoms with Gasteiger partial charge in [-0.1, -0.05) is 36.4 Å². The van der Waals surface area contributed by atoms with Gasteiger partial charge in [0.25, 0.3) is 15.9 Å². The minimum atomic E-state index is -3.85. The van der Waals surface area contributed by atoms with Gasteiger partial charge in [0.2, 0.25) is 0 Å². The van der Waals surface area contributed by atoms with Crippen LogP contribution in [0.3, 0.4) is 0 Å². The molecule has 0 aliphatic heterocycles. The van der Waals surface area contributed by atoms with E-state index in [0.29, 0.717) is 29.3 Å². The number of amides is 1. The van der Waals surface area contributed by atoms with Crippen molar-refractivity contribution >= 4 is 32.4 Å². The highest BCUT2D eigenvalue weighted by molar-refractivity contribution is 7.92. The Hall–Kier alpha value is -4.04. The maximum atomic E-state index is 13.1. The van der Waals surface area contributed by atoms with Crippen LogP contribution in [0.15, 0.2) is 89.8 Å². The Kier molecular flexibility index (Phi) is 6.93. The van der Waals surface area contributed by atoms with E-state index in [1.807, 2.05) is 42.5 Å². The van der Waals surface area contributed by atoms with E-state index in [9.17, 15) is 13.2 Å². The van der Waals surface area contributed by atoms with Crippen molar-refractivity contribution < 1.29 is 22.7 Å². The predicted molar refractivity (Wildman–Crippen MR) is 137 cm³/mol. The van der Waals surface area contributed by atoms with E-state index in [0.717, 1.165) is 20.6 Å². The Morgan fingerprint density at radius 3 is 2.20 bits per heavy atom. The Balaban J connectivity index is 1.45. The molecule has 4 aromatic carbocycles. The number of carbonyl (C=O) groups is 1. The molecular formula is C27H26N2O5S. The monoisotopic (exact) mass is 490 g/mol. The second kappa shape index (κ2) is 10.1. The first-order valence-corrected chi connectivity index (χ1v) is 12.3. The highest BCUT2D eigenvalue weighted by Crippen LogP contribution is 2.31. The fourth-order valence-electron chi connectivity index (χ4n) is 3.73. The van der Waals surface area contributed by atoms with Gasteiger partial charge in [-0.3, -0.25) is 9.10 Å². The predicted octanol–water partition coefficient (Wildman–Crippen LogP) is 4.61. The normalized spacial score (nSPS) is 11.2. The third-order valence-corrected chi connectivity index (χ3v) is 7.55. The quantitative estimate of drug-likeness (QED) is 0.390. The summed E-state index contributed by atoms with van der Waals surface area (Å²) >= 11 is 0. The molecular weight excluding hydrogens is 464 g/mol. The van der Waals surface area contributed by atoms with Crippen LogP contribution < -0.4 is 19.1 Å². The SMILES string of the molecule is COc1ccc(S(=O)(=O)N(C)c2ccc(C(=O)NCc3ccc4ccccc4c3)cc2)cc1OC. The van der Waals surface area contributed by atoms with Gasteiger partial charge in [-0.2, -0.15) is 0 Å². The number of hydrogen-bond donors (Lipinski definition) is 1. The number of nitrogens with one attached hydrogen (secondary N) is 1. The van der Waals surface area contributed by atoms with E-state index in [4.69, 9.17) is 9.47 Å². The molecule has 0 spiro atoms. The number of nitrogens with zero attached hydrogens (tertiary/aromatic N) is 1. The summed E-state index contributed by atoms with van der Waals surface area (Å²) in [7, 11) is 0.539. The first-order chi connectivity index (χ1) is 16.8. The molecule has 35 heavy (non-hydrogen) atoms. The largest absolute Gasteiger partial charge is 0.493 e. The first-order valence-electron chi connectivity index (χ1n) is 10.9. The second-order valence-electron chi connectivity index (χ2n) is 7.90. The van der Waals surface area contributed by atoms with Gasteiger partial charge in [-0.15, -0.1) is 0 Å². The molecule has 0 atom stereocenters. The van der Waals surface area contributed by atoms with Crippen LogP contribution in [-0.4, -0.2) is 35.6 Å². The van der Waals surface area contributed by atoms with Crippen LogP contribution in [0.4, 0.5) is 5.69 Å². The van der Waals surface area contributed by atoms with Crippen molar-refractivity contribution in [1.82, 2.24) is 5.32 Å². The van der Waals surface area contributed by atoms with E-state index in [2.05, 4.69) is 5.32 Å². The molecule has 4 aromatic rings. The molecule has 8 heteroatoms. The van der Waals surface area contributed by atoms with E-state index < -0.39 is 10.0 Å². The van der Waals surface area contributed by atoms with Crippen LogP contribution in [0.2, 0.25) is 0 Å². The first kappa shape index (κ1) is 24.1. The van der Waals surface area contributed by atoms with Crippen molar-refractivity contribution in [3.8, 4) is 11.5 Å². The van der Waals surface area contributed by atoms with E-state index in [1.165, 1.54) is 33.4 Å². The molecule has 0 aromatic heterocycles. The molecule has 0 aliphatic carbocycles. The number of anilines is 1. The maximum absolute atomic E-state index is 13.1. The summed E-state index contributed by atoms with van der Waals surface area (Å²) in [4.78, 5) is 12.7. The van der Waals surface area contributed by atoms with Crippen molar-refractivity contribution in [3.63, 3.8) is 0 Å². The Labute approximate surface area is 205 Å². The van der Waals surface area contributed by atoms with Gasteiger partial charge in [0.05, 0.1) is 24.8 Å². The lowest BCUT2D eigenvalue weighted by Crippen LogP contribution is -2.27. The van der Waals surface area contributed by atoms with Crippen molar-refractivity contribution in [2.45, 2.75) is 11.4 Å². The molecule has 0 saturated heterocycles. The summed E-state index contributed by atoms with van der Waals surface area (Å²) in [5, 5.41) is 5.17. The lowest BCUT2D eigenvalue weighted by molar-refractivity contribution is 0.0951. The minimum absolute atomic E-state index is 0.0647. The fraction of sp³-hybridized carbons (Fsp3) is 0.148. The number of sulfonamides is 1. The zero-order valence-electron chi connectivity index (χ0n) is 19.7.